The third-order valence-corrected chi connectivity index (χ3v) is 11.0. The Labute approximate surface area is 365 Å². The van der Waals surface area contributed by atoms with Crippen molar-refractivity contribution < 1.29 is 24.5 Å². The highest BCUT2D eigenvalue weighted by atomic mass is 16.5. The van der Waals surface area contributed by atoms with Gasteiger partial charge in [-0.25, -0.2) is 0 Å². The van der Waals surface area contributed by atoms with E-state index in [0.29, 0.717) is 19.4 Å². The maximum Gasteiger partial charge on any atom is 0.305 e. The fourth-order valence-corrected chi connectivity index (χ4v) is 7.10. The van der Waals surface area contributed by atoms with Crippen molar-refractivity contribution in [1.82, 2.24) is 5.32 Å². The van der Waals surface area contributed by atoms with E-state index < -0.39 is 12.1 Å². The second-order valence-corrected chi connectivity index (χ2v) is 16.8. The number of aliphatic hydroxyl groups excluding tert-OH is 2. The number of carbonyl (C=O) groups excluding carboxylic acids is 2. The molecule has 59 heavy (non-hydrogen) atoms. The summed E-state index contributed by atoms with van der Waals surface area (Å²) in [6, 6.07) is -0.639. The van der Waals surface area contributed by atoms with Crippen molar-refractivity contribution in [3.63, 3.8) is 0 Å². The van der Waals surface area contributed by atoms with E-state index in [-0.39, 0.29) is 18.5 Å². The SMILES string of the molecule is CCCCCC/C=C\C/C=C\CCCCCCCC(=O)OCCCCC/C=C\C/C=C\CCCCCCCCCC(=O)NC(CO)C(O)/C=C/CCCCCCCCC. The van der Waals surface area contributed by atoms with Crippen LogP contribution in [0.5, 0.6) is 0 Å². The van der Waals surface area contributed by atoms with Crippen molar-refractivity contribution in [3.8, 4) is 0 Å². The minimum atomic E-state index is -0.854. The van der Waals surface area contributed by atoms with E-state index in [4.69, 9.17) is 4.74 Å². The molecule has 3 N–H and O–H groups in total. The van der Waals surface area contributed by atoms with Gasteiger partial charge in [-0.15, -0.1) is 0 Å². The number of rotatable bonds is 45. The van der Waals surface area contributed by atoms with E-state index in [9.17, 15) is 19.8 Å². The normalized spacial score (nSPS) is 13.2. The molecule has 6 heteroatoms. The largest absolute Gasteiger partial charge is 0.466 e. The van der Waals surface area contributed by atoms with Crippen molar-refractivity contribution in [1.29, 1.82) is 0 Å². The Hall–Kier alpha value is -2.44. The first-order valence-electron chi connectivity index (χ1n) is 25.1. The summed E-state index contributed by atoms with van der Waals surface area (Å²) in [6.45, 7) is 4.78. The summed E-state index contributed by atoms with van der Waals surface area (Å²) in [5, 5.41) is 22.9. The van der Waals surface area contributed by atoms with E-state index in [0.717, 1.165) is 96.3 Å². The Kier molecular flexibility index (Phi) is 46.2. The maximum atomic E-state index is 12.4. The molecule has 0 radical (unpaired) electrons. The van der Waals surface area contributed by atoms with Gasteiger partial charge < -0.3 is 20.3 Å². The molecule has 0 fully saturated rings. The van der Waals surface area contributed by atoms with Gasteiger partial charge in [-0.3, -0.25) is 9.59 Å². The van der Waals surface area contributed by atoms with Gasteiger partial charge in [0.1, 0.15) is 0 Å². The maximum absolute atomic E-state index is 12.4. The molecule has 0 aromatic carbocycles. The topological polar surface area (TPSA) is 95.9 Å². The molecule has 342 valence electrons. The first-order valence-corrected chi connectivity index (χ1v) is 25.1. The van der Waals surface area contributed by atoms with Gasteiger partial charge in [-0.2, -0.15) is 0 Å². The molecule has 0 spiro atoms. The summed E-state index contributed by atoms with van der Waals surface area (Å²) in [5.41, 5.74) is 0. The number of aliphatic hydroxyl groups is 2. The van der Waals surface area contributed by atoms with Crippen molar-refractivity contribution >= 4 is 11.9 Å². The number of ether oxygens (including phenoxy) is 1. The molecule has 0 aromatic heterocycles. The van der Waals surface area contributed by atoms with Gasteiger partial charge >= 0.3 is 5.97 Å². The van der Waals surface area contributed by atoms with E-state index in [1.807, 2.05) is 6.08 Å². The number of amides is 1. The van der Waals surface area contributed by atoms with Gasteiger partial charge in [-0.1, -0.05) is 184 Å². The van der Waals surface area contributed by atoms with Crippen molar-refractivity contribution in [2.45, 2.75) is 251 Å². The molecule has 2 atom stereocenters. The molecule has 0 heterocycles. The van der Waals surface area contributed by atoms with Crippen LogP contribution in [0.4, 0.5) is 0 Å². The second-order valence-electron chi connectivity index (χ2n) is 16.8. The molecule has 0 saturated heterocycles. The number of allylic oxidation sites excluding steroid dienone is 9. The fraction of sp³-hybridized carbons (Fsp3) is 0.774. The van der Waals surface area contributed by atoms with E-state index in [2.05, 4.69) is 67.8 Å². The third kappa shape index (κ3) is 44.9. The molecule has 0 aliphatic heterocycles. The predicted octanol–water partition coefficient (Wildman–Crippen LogP) is 14.8. The molecule has 0 rings (SSSR count). The Balaban J connectivity index is 3.53. The van der Waals surface area contributed by atoms with Crippen molar-refractivity contribution in [3.05, 3.63) is 60.8 Å². The van der Waals surface area contributed by atoms with E-state index in [1.54, 1.807) is 6.08 Å². The highest BCUT2D eigenvalue weighted by Gasteiger charge is 2.18. The van der Waals surface area contributed by atoms with E-state index >= 15 is 0 Å². The standard InChI is InChI=1S/C53H95NO5/c1-3-5-7-9-11-13-14-15-16-21-24-27-31-35-39-43-47-53(58)59-48-44-40-36-32-28-25-22-19-17-18-20-23-26-30-34-38-42-46-52(57)54-50(49-55)51(56)45-41-37-33-29-12-10-8-6-4-2/h13-14,16-17,19,21,25,28,41,45,50-51,55-56H,3-12,15,18,20,22-24,26-27,29-40,42-44,46-49H2,1-2H3,(H,54,57)/b14-13-,19-17-,21-16-,28-25-,45-41+. The van der Waals surface area contributed by atoms with Gasteiger partial charge in [0.25, 0.3) is 0 Å². The van der Waals surface area contributed by atoms with Crippen LogP contribution in [0.15, 0.2) is 60.8 Å². The number of hydrogen-bond acceptors (Lipinski definition) is 5. The van der Waals surface area contributed by atoms with Crippen molar-refractivity contribution in [2.24, 2.45) is 0 Å². The van der Waals surface area contributed by atoms with Crippen LogP contribution in [-0.2, 0) is 14.3 Å². The monoisotopic (exact) mass is 826 g/mol. The second kappa shape index (κ2) is 48.2. The van der Waals surface area contributed by atoms with Gasteiger partial charge in [0.2, 0.25) is 5.91 Å². The zero-order valence-electron chi connectivity index (χ0n) is 38.7. The van der Waals surface area contributed by atoms with Crippen LogP contribution >= 0.6 is 0 Å². The summed E-state index contributed by atoms with van der Waals surface area (Å²) in [5.74, 6) is -0.121. The molecule has 2 unspecified atom stereocenters. The van der Waals surface area contributed by atoms with Gasteiger partial charge in [0.15, 0.2) is 0 Å². The molecular weight excluding hydrogens is 731 g/mol. The average molecular weight is 826 g/mol. The van der Waals surface area contributed by atoms with Gasteiger partial charge in [0.05, 0.1) is 25.4 Å². The molecule has 0 aliphatic rings. The first kappa shape index (κ1) is 56.6. The average Bonchev–Trinajstić information content (AvgIpc) is 3.24. The van der Waals surface area contributed by atoms with Gasteiger partial charge in [0, 0.05) is 12.8 Å². The third-order valence-electron chi connectivity index (χ3n) is 11.0. The van der Waals surface area contributed by atoms with Gasteiger partial charge in [-0.05, 0) is 103 Å². The Bertz CT molecular complexity index is 1050. The molecule has 0 aromatic rings. The summed E-state index contributed by atoms with van der Waals surface area (Å²) in [4.78, 5) is 24.4. The molecular formula is C53H95NO5. The Morgan fingerprint density at radius 1 is 0.475 bits per heavy atom. The summed E-state index contributed by atoms with van der Waals surface area (Å²) < 4.78 is 5.44. The van der Waals surface area contributed by atoms with Crippen LogP contribution in [0.3, 0.4) is 0 Å². The summed E-state index contributed by atoms with van der Waals surface area (Å²) in [7, 11) is 0. The van der Waals surface area contributed by atoms with Crippen LogP contribution in [0.1, 0.15) is 239 Å². The molecule has 6 nitrogen and oxygen atoms in total. The summed E-state index contributed by atoms with van der Waals surface area (Å²) in [6.07, 6.45) is 60.8. The highest BCUT2D eigenvalue weighted by molar-refractivity contribution is 5.76. The van der Waals surface area contributed by atoms with Crippen LogP contribution < -0.4 is 5.32 Å². The Morgan fingerprint density at radius 2 is 0.847 bits per heavy atom. The van der Waals surface area contributed by atoms with E-state index in [1.165, 1.54) is 116 Å². The molecule has 0 bridgehead atoms. The smallest absolute Gasteiger partial charge is 0.305 e. The number of hydrogen-bond donors (Lipinski definition) is 3. The molecule has 0 aliphatic carbocycles. The highest BCUT2D eigenvalue weighted by Crippen LogP contribution is 2.13. The fourth-order valence-electron chi connectivity index (χ4n) is 7.10. The zero-order chi connectivity index (χ0) is 43.0. The van der Waals surface area contributed by atoms with Crippen LogP contribution in [-0.4, -0.2) is 47.4 Å². The number of nitrogens with one attached hydrogen (secondary N) is 1. The van der Waals surface area contributed by atoms with Crippen LogP contribution in [0, 0.1) is 0 Å². The first-order chi connectivity index (χ1) is 29.0. The molecule has 0 saturated carbocycles. The minimum absolute atomic E-state index is 0.0315. The lowest BCUT2D eigenvalue weighted by Crippen LogP contribution is -2.45. The predicted molar refractivity (Wildman–Crippen MR) is 255 cm³/mol. The number of carbonyl (C=O) groups is 2. The number of unbranched alkanes of at least 4 members (excludes halogenated alkanes) is 26. The van der Waals surface area contributed by atoms with Crippen molar-refractivity contribution in [2.75, 3.05) is 13.2 Å². The lowest BCUT2D eigenvalue weighted by atomic mass is 10.1. The number of esters is 1. The molecule has 1 amide bonds. The quantitative estimate of drug-likeness (QED) is 0.0323. The summed E-state index contributed by atoms with van der Waals surface area (Å²) >= 11 is 0. The minimum Gasteiger partial charge on any atom is -0.466 e. The lowest BCUT2D eigenvalue weighted by molar-refractivity contribution is -0.143. The van der Waals surface area contributed by atoms with Crippen LogP contribution in [0.25, 0.3) is 0 Å². The Morgan fingerprint density at radius 3 is 1.31 bits per heavy atom. The lowest BCUT2D eigenvalue weighted by Gasteiger charge is -2.20. The van der Waals surface area contributed by atoms with Crippen LogP contribution in [0.2, 0.25) is 0 Å². The zero-order valence-corrected chi connectivity index (χ0v) is 38.7.